The Morgan fingerprint density at radius 3 is 2.55 bits per heavy atom. The summed E-state index contributed by atoms with van der Waals surface area (Å²) >= 11 is 1.63. The summed E-state index contributed by atoms with van der Waals surface area (Å²) in [4.78, 5) is 24.8. The molecular formula is C22H27N5OS. The highest BCUT2D eigenvalue weighted by molar-refractivity contribution is 7.10. The molecule has 0 saturated heterocycles. The average molecular weight is 410 g/mol. The van der Waals surface area contributed by atoms with Crippen LogP contribution in [0.5, 0.6) is 0 Å². The molecule has 2 heterocycles. The van der Waals surface area contributed by atoms with Gasteiger partial charge >= 0.3 is 0 Å². The van der Waals surface area contributed by atoms with Crippen LogP contribution in [0.1, 0.15) is 30.6 Å². The van der Waals surface area contributed by atoms with E-state index in [1.807, 2.05) is 54.7 Å². The van der Waals surface area contributed by atoms with Gasteiger partial charge in [-0.15, -0.1) is 11.3 Å². The largest absolute Gasteiger partial charge is 0.362 e. The molecule has 0 bridgehead atoms. The highest BCUT2D eigenvalue weighted by Crippen LogP contribution is 2.26. The molecule has 2 aromatic heterocycles. The molecule has 0 atom stereocenters. The lowest BCUT2D eigenvalue weighted by molar-refractivity contribution is -0.121. The molecule has 1 aliphatic carbocycles. The maximum Gasteiger partial charge on any atom is 0.225 e. The summed E-state index contributed by atoms with van der Waals surface area (Å²) in [7, 11) is 4.01. The molecule has 0 spiro atoms. The molecule has 1 saturated carbocycles. The van der Waals surface area contributed by atoms with Crippen LogP contribution in [0, 0.1) is 0 Å². The Hall–Kier alpha value is -2.67. The molecule has 1 fully saturated rings. The van der Waals surface area contributed by atoms with E-state index in [9.17, 15) is 4.79 Å². The number of para-hydroxylation sites is 1. The molecule has 0 aliphatic heterocycles. The number of benzene rings is 1. The van der Waals surface area contributed by atoms with Crippen molar-refractivity contribution in [2.75, 3.05) is 24.3 Å². The number of anilines is 2. The summed E-state index contributed by atoms with van der Waals surface area (Å²) in [5.74, 6) is 1.72. The van der Waals surface area contributed by atoms with Crippen LogP contribution >= 0.6 is 11.3 Å². The number of carbonyl (C=O) groups excluding carboxylic acids is 1. The Morgan fingerprint density at radius 1 is 1.07 bits per heavy atom. The summed E-state index contributed by atoms with van der Waals surface area (Å²) in [6, 6.07) is 12.7. The fraction of sp³-hybridized carbons (Fsp3) is 0.409. The van der Waals surface area contributed by atoms with E-state index in [1.54, 1.807) is 11.3 Å². The van der Waals surface area contributed by atoms with Gasteiger partial charge in [0.05, 0.1) is 11.9 Å². The summed E-state index contributed by atoms with van der Waals surface area (Å²) in [6.07, 6.45) is 4.42. The number of nitrogens with zero attached hydrogens (tertiary/aromatic N) is 3. The van der Waals surface area contributed by atoms with Crippen LogP contribution in [0.15, 0.2) is 41.8 Å². The molecule has 7 heteroatoms. The lowest BCUT2D eigenvalue weighted by Gasteiger charge is -2.30. The summed E-state index contributed by atoms with van der Waals surface area (Å²) < 4.78 is 0. The number of carbonyl (C=O) groups is 1. The van der Waals surface area contributed by atoms with Gasteiger partial charge in [0.15, 0.2) is 0 Å². The zero-order chi connectivity index (χ0) is 20.2. The quantitative estimate of drug-likeness (QED) is 0.647. The third-order valence-corrected chi connectivity index (χ3v) is 6.22. The Bertz CT molecular complexity index is 965. The van der Waals surface area contributed by atoms with Crippen LogP contribution in [0.4, 0.5) is 11.8 Å². The molecule has 29 heavy (non-hydrogen) atoms. The fourth-order valence-electron chi connectivity index (χ4n) is 3.88. The minimum Gasteiger partial charge on any atom is -0.362 e. The number of aromatic nitrogens is 2. The number of hydrogen-bond acceptors (Lipinski definition) is 6. The highest BCUT2D eigenvalue weighted by Gasteiger charge is 2.23. The maximum absolute atomic E-state index is 12.2. The first-order valence-electron chi connectivity index (χ1n) is 10.1. The van der Waals surface area contributed by atoms with E-state index in [1.165, 1.54) is 0 Å². The standard InChI is InChI=1S/C22H27N5OS/c1-27(2)21-18-7-3-4-8-19(18)25-22(26-21)24-16-11-9-15(10-12-16)23-20(28)14-17-6-5-13-29-17/h3-8,13,15-16H,9-12,14H2,1-2H3,(H,23,28)(H,24,25,26)/t15-,16+. The summed E-state index contributed by atoms with van der Waals surface area (Å²) in [6.45, 7) is 0. The normalized spacial score (nSPS) is 19.1. The zero-order valence-electron chi connectivity index (χ0n) is 16.9. The van der Waals surface area contributed by atoms with Gasteiger partial charge in [-0.2, -0.15) is 4.98 Å². The van der Waals surface area contributed by atoms with Crippen LogP contribution in [0.3, 0.4) is 0 Å². The van der Waals surface area contributed by atoms with E-state index in [0.717, 1.165) is 47.3 Å². The van der Waals surface area contributed by atoms with E-state index < -0.39 is 0 Å². The minimum absolute atomic E-state index is 0.123. The Labute approximate surface area is 175 Å². The van der Waals surface area contributed by atoms with Crippen molar-refractivity contribution in [2.24, 2.45) is 0 Å². The molecule has 0 unspecified atom stereocenters. The van der Waals surface area contributed by atoms with Gasteiger partial charge in [0.25, 0.3) is 0 Å². The van der Waals surface area contributed by atoms with Gasteiger partial charge in [-0.1, -0.05) is 18.2 Å². The van der Waals surface area contributed by atoms with Crippen molar-refractivity contribution < 1.29 is 4.79 Å². The monoisotopic (exact) mass is 409 g/mol. The van der Waals surface area contributed by atoms with Gasteiger partial charge in [-0.05, 0) is 49.3 Å². The zero-order valence-corrected chi connectivity index (χ0v) is 17.7. The first-order chi connectivity index (χ1) is 14.1. The Morgan fingerprint density at radius 2 is 1.83 bits per heavy atom. The summed E-state index contributed by atoms with van der Waals surface area (Å²) in [5, 5.41) is 9.78. The molecule has 2 N–H and O–H groups in total. The predicted molar refractivity (Wildman–Crippen MR) is 120 cm³/mol. The highest BCUT2D eigenvalue weighted by atomic mass is 32.1. The average Bonchev–Trinajstić information content (AvgIpc) is 3.21. The van der Waals surface area contributed by atoms with Crippen molar-refractivity contribution >= 4 is 39.9 Å². The Kier molecular flexibility index (Phi) is 5.94. The van der Waals surface area contributed by atoms with E-state index in [4.69, 9.17) is 9.97 Å². The number of hydrogen-bond donors (Lipinski definition) is 2. The van der Waals surface area contributed by atoms with Crippen molar-refractivity contribution in [1.82, 2.24) is 15.3 Å². The van der Waals surface area contributed by atoms with Crippen molar-refractivity contribution in [2.45, 2.75) is 44.2 Å². The maximum atomic E-state index is 12.2. The number of thiophene rings is 1. The molecule has 1 aromatic carbocycles. The van der Waals surface area contributed by atoms with Crippen LogP contribution in [-0.4, -0.2) is 42.1 Å². The van der Waals surface area contributed by atoms with Gasteiger partial charge in [-0.25, -0.2) is 4.98 Å². The second kappa shape index (κ2) is 8.78. The molecule has 0 radical (unpaired) electrons. The topological polar surface area (TPSA) is 70.2 Å². The van der Waals surface area contributed by atoms with Gasteiger partial charge in [-0.3, -0.25) is 4.79 Å². The van der Waals surface area contributed by atoms with Crippen molar-refractivity contribution in [3.8, 4) is 0 Å². The van der Waals surface area contributed by atoms with Gasteiger partial charge in [0.1, 0.15) is 5.82 Å². The van der Waals surface area contributed by atoms with Crippen molar-refractivity contribution in [3.63, 3.8) is 0 Å². The lowest BCUT2D eigenvalue weighted by Crippen LogP contribution is -2.40. The van der Waals surface area contributed by atoms with Gasteiger partial charge < -0.3 is 15.5 Å². The molecular weight excluding hydrogens is 382 g/mol. The predicted octanol–water partition coefficient (Wildman–Crippen LogP) is 3.84. The third-order valence-electron chi connectivity index (χ3n) is 5.35. The van der Waals surface area contributed by atoms with Gasteiger partial charge in [0, 0.05) is 36.4 Å². The van der Waals surface area contributed by atoms with Crippen molar-refractivity contribution in [1.29, 1.82) is 0 Å². The Balaban J connectivity index is 1.34. The van der Waals surface area contributed by atoms with E-state index in [2.05, 4.69) is 16.7 Å². The number of fused-ring (bicyclic) bond motifs is 1. The second-order valence-corrected chi connectivity index (χ2v) is 8.83. The molecule has 3 aromatic rings. The lowest BCUT2D eigenvalue weighted by atomic mass is 9.91. The van der Waals surface area contributed by atoms with Crippen LogP contribution in [0.2, 0.25) is 0 Å². The molecule has 1 aliphatic rings. The SMILES string of the molecule is CN(C)c1nc(N[C@H]2CC[C@@H](NC(=O)Cc3cccs3)CC2)nc2ccccc12. The van der Waals surface area contributed by atoms with Gasteiger partial charge in [0.2, 0.25) is 11.9 Å². The molecule has 4 rings (SSSR count). The number of nitrogens with one attached hydrogen (secondary N) is 2. The van der Waals surface area contributed by atoms with Crippen LogP contribution in [-0.2, 0) is 11.2 Å². The summed E-state index contributed by atoms with van der Waals surface area (Å²) in [5.41, 5.74) is 0.947. The fourth-order valence-corrected chi connectivity index (χ4v) is 4.58. The third kappa shape index (κ3) is 4.85. The van der Waals surface area contributed by atoms with E-state index in [0.29, 0.717) is 18.4 Å². The van der Waals surface area contributed by atoms with Crippen LogP contribution in [0.25, 0.3) is 10.9 Å². The van der Waals surface area contributed by atoms with Crippen molar-refractivity contribution in [3.05, 3.63) is 46.7 Å². The van der Waals surface area contributed by atoms with E-state index >= 15 is 0 Å². The first kappa shape index (κ1) is 19.6. The molecule has 1 amide bonds. The second-order valence-electron chi connectivity index (χ2n) is 7.80. The molecule has 6 nitrogen and oxygen atoms in total. The van der Waals surface area contributed by atoms with Crippen LogP contribution < -0.4 is 15.5 Å². The number of rotatable bonds is 6. The molecule has 152 valence electrons. The van der Waals surface area contributed by atoms with E-state index in [-0.39, 0.29) is 11.9 Å². The smallest absolute Gasteiger partial charge is 0.225 e. The minimum atomic E-state index is 0.123. The first-order valence-corrected chi connectivity index (χ1v) is 11.0. The number of amides is 1.